The molecule has 1 fully saturated rings. The van der Waals surface area contributed by atoms with Crippen LogP contribution in [0.2, 0.25) is 18.1 Å². The largest absolute Gasteiger partial charge is 0.467 e. The van der Waals surface area contributed by atoms with Crippen LogP contribution in [0.15, 0.2) is 5.38 Å². The third kappa shape index (κ3) is 5.76. The third-order valence-corrected chi connectivity index (χ3v) is 10.6. The molecular weight excluding hydrogens is 398 g/mol. The molecule has 0 spiro atoms. The van der Waals surface area contributed by atoms with Crippen LogP contribution in [-0.2, 0) is 18.7 Å². The lowest BCUT2D eigenvalue weighted by Gasteiger charge is -2.37. The van der Waals surface area contributed by atoms with Gasteiger partial charge < -0.3 is 24.1 Å². The molecule has 1 amide bonds. The lowest BCUT2D eigenvalue weighted by Crippen LogP contribution is -2.49. The number of morpholine rings is 1. The molecule has 1 aromatic heterocycles. The predicted molar refractivity (Wildman–Crippen MR) is 112 cm³/mol. The molecule has 2 heterocycles. The van der Waals surface area contributed by atoms with Crippen LogP contribution in [0.4, 0.5) is 5.13 Å². The maximum absolute atomic E-state index is 12.6. The monoisotopic (exact) mass is 429 g/mol. The lowest BCUT2D eigenvalue weighted by atomic mass is 10.2. The smallest absolute Gasteiger partial charge is 0.330 e. The van der Waals surface area contributed by atoms with Gasteiger partial charge in [-0.25, -0.2) is 9.78 Å². The Morgan fingerprint density at radius 2 is 2.00 bits per heavy atom. The van der Waals surface area contributed by atoms with Gasteiger partial charge in [-0.1, -0.05) is 20.8 Å². The fourth-order valence-corrected chi connectivity index (χ4v) is 4.20. The summed E-state index contributed by atoms with van der Waals surface area (Å²) in [5.74, 6) is -0.944. The third-order valence-electron chi connectivity index (χ3n) is 5.21. The highest BCUT2D eigenvalue weighted by molar-refractivity contribution is 7.13. The van der Waals surface area contributed by atoms with Crippen molar-refractivity contribution in [2.45, 2.75) is 44.9 Å². The van der Waals surface area contributed by atoms with E-state index in [1.165, 1.54) is 18.4 Å². The van der Waals surface area contributed by atoms with Crippen LogP contribution >= 0.6 is 11.3 Å². The Labute approximate surface area is 171 Å². The minimum Gasteiger partial charge on any atom is -0.467 e. The van der Waals surface area contributed by atoms with E-state index in [0.717, 1.165) is 18.2 Å². The topological polar surface area (TPSA) is 90.0 Å². The number of thiazole rings is 1. The average molecular weight is 430 g/mol. The molecule has 1 aliphatic rings. The molecule has 0 aromatic carbocycles. The first kappa shape index (κ1) is 22.8. The molecule has 2 rings (SSSR count). The van der Waals surface area contributed by atoms with Crippen molar-refractivity contribution >= 4 is 36.7 Å². The van der Waals surface area contributed by atoms with Crippen LogP contribution in [0.3, 0.4) is 0 Å². The Bertz CT molecular complexity index is 683. The van der Waals surface area contributed by atoms with E-state index in [-0.39, 0.29) is 17.3 Å². The van der Waals surface area contributed by atoms with Crippen LogP contribution < -0.4 is 10.2 Å². The minimum absolute atomic E-state index is 0.000347. The first-order chi connectivity index (χ1) is 13.0. The van der Waals surface area contributed by atoms with Crippen molar-refractivity contribution in [3.8, 4) is 0 Å². The molecule has 0 unspecified atom stereocenters. The van der Waals surface area contributed by atoms with Crippen molar-refractivity contribution in [2.24, 2.45) is 0 Å². The van der Waals surface area contributed by atoms with Gasteiger partial charge in [0.15, 0.2) is 13.4 Å². The number of nitrogens with one attached hydrogen (secondary N) is 1. The van der Waals surface area contributed by atoms with Gasteiger partial charge in [0.2, 0.25) is 0 Å². The van der Waals surface area contributed by atoms with Crippen molar-refractivity contribution in [1.82, 2.24) is 10.3 Å². The van der Waals surface area contributed by atoms with Crippen molar-refractivity contribution < 1.29 is 23.5 Å². The fraction of sp³-hybridized carbons (Fsp3) is 0.722. The molecule has 1 atom stereocenters. The van der Waals surface area contributed by atoms with Crippen LogP contribution in [0.5, 0.6) is 0 Å². The summed E-state index contributed by atoms with van der Waals surface area (Å²) >= 11 is 1.40. The quantitative estimate of drug-likeness (QED) is 0.525. The summed E-state index contributed by atoms with van der Waals surface area (Å²) in [6.45, 7) is 13.4. The molecule has 1 N–H and O–H groups in total. The summed E-state index contributed by atoms with van der Waals surface area (Å²) in [4.78, 5) is 31.3. The summed E-state index contributed by atoms with van der Waals surface area (Å²) < 4.78 is 16.3. The van der Waals surface area contributed by atoms with Crippen molar-refractivity contribution in [3.05, 3.63) is 11.1 Å². The van der Waals surface area contributed by atoms with Crippen LogP contribution in [-0.4, -0.2) is 71.2 Å². The number of nitrogens with zero attached hydrogens (tertiary/aromatic N) is 2. The Kier molecular flexibility index (Phi) is 7.60. The van der Waals surface area contributed by atoms with Crippen LogP contribution in [0.1, 0.15) is 31.3 Å². The van der Waals surface area contributed by atoms with Gasteiger partial charge in [-0.3, -0.25) is 4.79 Å². The zero-order chi connectivity index (χ0) is 20.9. The molecule has 0 aliphatic carbocycles. The number of rotatable bonds is 7. The van der Waals surface area contributed by atoms with Gasteiger partial charge in [0, 0.05) is 18.5 Å². The Morgan fingerprint density at radius 1 is 1.36 bits per heavy atom. The van der Waals surface area contributed by atoms with Gasteiger partial charge in [-0.05, 0) is 18.1 Å². The van der Waals surface area contributed by atoms with Crippen molar-refractivity contribution in [2.75, 3.05) is 44.9 Å². The number of esters is 1. The highest BCUT2D eigenvalue weighted by atomic mass is 32.1. The number of aromatic nitrogens is 1. The molecule has 1 aliphatic heterocycles. The van der Waals surface area contributed by atoms with Crippen LogP contribution in [0.25, 0.3) is 0 Å². The molecule has 0 saturated carbocycles. The van der Waals surface area contributed by atoms with Gasteiger partial charge in [0.05, 0.1) is 26.9 Å². The highest BCUT2D eigenvalue weighted by Gasteiger charge is 2.38. The standard InChI is InChI=1S/C18H31N3O5SSi/c1-18(2,3)28(5,6)26-11-13(16(23)24-4)19-15(22)14-12-27-17(20-14)21-7-9-25-10-8-21/h12-13H,7-11H2,1-6H3,(H,19,22)/t13-/m0/s1. The van der Waals surface area contributed by atoms with E-state index < -0.39 is 26.2 Å². The average Bonchev–Trinajstić information content (AvgIpc) is 3.14. The summed E-state index contributed by atoms with van der Waals surface area (Å²) in [5.41, 5.74) is 0.285. The summed E-state index contributed by atoms with van der Waals surface area (Å²) in [7, 11) is -0.767. The summed E-state index contributed by atoms with van der Waals surface area (Å²) in [6, 6.07) is -0.875. The highest BCUT2D eigenvalue weighted by Crippen LogP contribution is 2.36. The Morgan fingerprint density at radius 3 is 2.57 bits per heavy atom. The lowest BCUT2D eigenvalue weighted by molar-refractivity contribution is -0.143. The van der Waals surface area contributed by atoms with Gasteiger partial charge in [0.1, 0.15) is 11.7 Å². The number of anilines is 1. The first-order valence-corrected chi connectivity index (χ1v) is 13.1. The zero-order valence-corrected chi connectivity index (χ0v) is 19.4. The maximum Gasteiger partial charge on any atom is 0.330 e. The van der Waals surface area contributed by atoms with E-state index in [2.05, 4.69) is 49.1 Å². The molecule has 0 bridgehead atoms. The van der Waals surface area contributed by atoms with E-state index >= 15 is 0 Å². The number of hydrogen-bond donors (Lipinski definition) is 1. The number of carbonyl (C=O) groups excluding carboxylic acids is 2. The number of methoxy groups -OCH3 is 1. The predicted octanol–water partition coefficient (Wildman–Crippen LogP) is 2.27. The van der Waals surface area contributed by atoms with E-state index in [1.807, 2.05) is 0 Å². The second kappa shape index (κ2) is 9.34. The molecular formula is C18H31N3O5SSi. The molecule has 8 nitrogen and oxygen atoms in total. The fourth-order valence-electron chi connectivity index (χ4n) is 2.32. The van der Waals surface area contributed by atoms with E-state index in [0.29, 0.717) is 13.2 Å². The Balaban J connectivity index is 2.02. The SMILES string of the molecule is COC(=O)[C@H](CO[Si](C)(C)C(C)(C)C)NC(=O)c1csc(N2CCOCC2)n1. The van der Waals surface area contributed by atoms with Crippen LogP contribution in [0, 0.1) is 0 Å². The van der Waals surface area contributed by atoms with Gasteiger partial charge in [0.25, 0.3) is 5.91 Å². The van der Waals surface area contributed by atoms with Gasteiger partial charge in [-0.2, -0.15) is 0 Å². The van der Waals surface area contributed by atoms with E-state index in [1.54, 1.807) is 5.38 Å². The molecule has 10 heteroatoms. The normalized spacial score (nSPS) is 16.6. The molecule has 1 aromatic rings. The zero-order valence-electron chi connectivity index (χ0n) is 17.5. The van der Waals surface area contributed by atoms with E-state index in [4.69, 9.17) is 13.9 Å². The second-order valence-corrected chi connectivity index (χ2v) is 13.9. The molecule has 0 radical (unpaired) electrons. The number of amides is 1. The van der Waals surface area contributed by atoms with Gasteiger partial charge in [-0.15, -0.1) is 11.3 Å². The molecule has 28 heavy (non-hydrogen) atoms. The van der Waals surface area contributed by atoms with Gasteiger partial charge >= 0.3 is 5.97 Å². The number of carbonyl (C=O) groups is 2. The van der Waals surface area contributed by atoms with E-state index in [9.17, 15) is 9.59 Å². The summed E-state index contributed by atoms with van der Waals surface area (Å²) in [6.07, 6.45) is 0. The first-order valence-electron chi connectivity index (χ1n) is 9.36. The maximum atomic E-state index is 12.6. The Hall–Kier alpha value is -1.49. The number of ether oxygens (including phenoxy) is 2. The van der Waals surface area contributed by atoms with Crippen molar-refractivity contribution in [1.29, 1.82) is 0 Å². The second-order valence-electron chi connectivity index (χ2n) is 8.24. The molecule has 1 saturated heterocycles. The minimum atomic E-state index is -2.07. The summed E-state index contributed by atoms with van der Waals surface area (Å²) in [5, 5.41) is 5.18. The van der Waals surface area contributed by atoms with Crippen molar-refractivity contribution in [3.63, 3.8) is 0 Å². The number of hydrogen-bond acceptors (Lipinski definition) is 8. The molecule has 158 valence electrons.